The second-order valence-corrected chi connectivity index (χ2v) is 4.97. The van der Waals surface area contributed by atoms with Gasteiger partial charge in [-0.1, -0.05) is 12.1 Å². The van der Waals surface area contributed by atoms with Gasteiger partial charge in [-0.3, -0.25) is 4.79 Å². The first-order chi connectivity index (χ1) is 8.58. The lowest BCUT2D eigenvalue weighted by Crippen LogP contribution is -2.59. The largest absolute Gasteiger partial charge is 0.491 e. The SMILES string of the molecule is CNC(COc1cccc(C)c1)(C(N)=O)C1CC1. The van der Waals surface area contributed by atoms with Crippen molar-refractivity contribution < 1.29 is 9.53 Å². The van der Waals surface area contributed by atoms with Crippen LogP contribution in [0.2, 0.25) is 0 Å². The summed E-state index contributed by atoms with van der Waals surface area (Å²) >= 11 is 0. The summed E-state index contributed by atoms with van der Waals surface area (Å²) in [7, 11) is 1.77. The number of likely N-dealkylation sites (N-methyl/N-ethyl adjacent to an activating group) is 1. The molecule has 1 fully saturated rings. The second-order valence-electron chi connectivity index (χ2n) is 4.97. The van der Waals surface area contributed by atoms with E-state index in [0.717, 1.165) is 24.2 Å². The minimum atomic E-state index is -0.732. The summed E-state index contributed by atoms with van der Waals surface area (Å²) in [4.78, 5) is 11.7. The van der Waals surface area contributed by atoms with Gasteiger partial charge in [-0.05, 0) is 50.4 Å². The predicted octanol–water partition coefficient (Wildman–Crippen LogP) is 1.23. The molecule has 0 radical (unpaired) electrons. The Labute approximate surface area is 108 Å². The molecule has 98 valence electrons. The minimum Gasteiger partial charge on any atom is -0.491 e. The van der Waals surface area contributed by atoms with E-state index in [1.54, 1.807) is 7.05 Å². The average Bonchev–Trinajstić information content (AvgIpc) is 3.15. The molecule has 0 spiro atoms. The van der Waals surface area contributed by atoms with Crippen molar-refractivity contribution in [1.82, 2.24) is 5.32 Å². The van der Waals surface area contributed by atoms with E-state index in [1.165, 1.54) is 0 Å². The fourth-order valence-corrected chi connectivity index (χ4v) is 2.27. The smallest absolute Gasteiger partial charge is 0.241 e. The molecule has 1 atom stereocenters. The molecule has 18 heavy (non-hydrogen) atoms. The van der Waals surface area contributed by atoms with Crippen molar-refractivity contribution in [2.75, 3.05) is 13.7 Å². The Morgan fingerprint density at radius 2 is 2.28 bits per heavy atom. The van der Waals surface area contributed by atoms with Gasteiger partial charge in [-0.25, -0.2) is 0 Å². The first-order valence-corrected chi connectivity index (χ1v) is 6.27. The number of rotatable bonds is 6. The third-order valence-corrected chi connectivity index (χ3v) is 3.62. The fourth-order valence-electron chi connectivity index (χ4n) is 2.27. The van der Waals surface area contributed by atoms with Crippen LogP contribution in [-0.2, 0) is 4.79 Å². The van der Waals surface area contributed by atoms with E-state index in [9.17, 15) is 4.79 Å². The zero-order valence-corrected chi connectivity index (χ0v) is 10.9. The fraction of sp³-hybridized carbons (Fsp3) is 0.500. The van der Waals surface area contributed by atoms with Gasteiger partial charge in [0.1, 0.15) is 17.9 Å². The lowest BCUT2D eigenvalue weighted by Gasteiger charge is -2.30. The number of primary amides is 1. The first-order valence-electron chi connectivity index (χ1n) is 6.27. The molecule has 0 aromatic heterocycles. The number of aryl methyl sites for hydroxylation is 1. The second kappa shape index (κ2) is 4.98. The maximum Gasteiger partial charge on any atom is 0.241 e. The molecular weight excluding hydrogens is 228 g/mol. The first kappa shape index (κ1) is 12.9. The van der Waals surface area contributed by atoms with Crippen LogP contribution in [0.1, 0.15) is 18.4 Å². The van der Waals surface area contributed by atoms with Gasteiger partial charge in [-0.15, -0.1) is 0 Å². The van der Waals surface area contributed by atoms with Crippen molar-refractivity contribution in [3.8, 4) is 5.75 Å². The van der Waals surface area contributed by atoms with Crippen LogP contribution in [-0.4, -0.2) is 25.1 Å². The molecule has 1 aromatic rings. The van der Waals surface area contributed by atoms with E-state index in [-0.39, 0.29) is 12.5 Å². The van der Waals surface area contributed by atoms with Crippen LogP contribution in [0.15, 0.2) is 24.3 Å². The van der Waals surface area contributed by atoms with Gasteiger partial charge in [0.25, 0.3) is 0 Å². The average molecular weight is 248 g/mol. The highest BCUT2D eigenvalue weighted by atomic mass is 16.5. The molecule has 1 unspecified atom stereocenters. The number of carbonyl (C=O) groups excluding carboxylic acids is 1. The third-order valence-electron chi connectivity index (χ3n) is 3.62. The minimum absolute atomic E-state index is 0.285. The van der Waals surface area contributed by atoms with Crippen molar-refractivity contribution in [1.29, 1.82) is 0 Å². The lowest BCUT2D eigenvalue weighted by molar-refractivity contribution is -0.126. The quantitative estimate of drug-likeness (QED) is 0.795. The molecule has 0 aliphatic heterocycles. The highest BCUT2D eigenvalue weighted by Gasteiger charge is 2.49. The van der Waals surface area contributed by atoms with Crippen LogP contribution < -0.4 is 15.8 Å². The molecule has 4 heteroatoms. The Hall–Kier alpha value is -1.55. The molecule has 0 saturated heterocycles. The zero-order valence-electron chi connectivity index (χ0n) is 10.9. The maximum atomic E-state index is 11.7. The van der Waals surface area contributed by atoms with Gasteiger partial charge in [-0.2, -0.15) is 0 Å². The highest BCUT2D eigenvalue weighted by molar-refractivity contribution is 5.85. The van der Waals surface area contributed by atoms with Crippen molar-refractivity contribution in [3.63, 3.8) is 0 Å². The number of carbonyl (C=O) groups is 1. The summed E-state index contributed by atoms with van der Waals surface area (Å²) in [6, 6.07) is 7.79. The van der Waals surface area contributed by atoms with Gasteiger partial charge < -0.3 is 15.8 Å². The van der Waals surface area contributed by atoms with E-state index in [2.05, 4.69) is 5.32 Å². The van der Waals surface area contributed by atoms with Gasteiger partial charge in [0.05, 0.1) is 0 Å². The zero-order chi connectivity index (χ0) is 13.2. The summed E-state index contributed by atoms with van der Waals surface area (Å²) in [5, 5.41) is 3.06. The number of nitrogens with one attached hydrogen (secondary N) is 1. The number of hydrogen-bond acceptors (Lipinski definition) is 3. The molecule has 1 amide bonds. The number of nitrogens with two attached hydrogens (primary N) is 1. The molecule has 0 heterocycles. The maximum absolute atomic E-state index is 11.7. The molecule has 1 aliphatic carbocycles. The molecular formula is C14H20N2O2. The van der Waals surface area contributed by atoms with E-state index >= 15 is 0 Å². The van der Waals surface area contributed by atoms with Crippen LogP contribution in [0, 0.1) is 12.8 Å². The van der Waals surface area contributed by atoms with E-state index in [1.807, 2.05) is 31.2 Å². The van der Waals surface area contributed by atoms with Gasteiger partial charge >= 0.3 is 0 Å². The van der Waals surface area contributed by atoms with Gasteiger partial charge in [0, 0.05) is 0 Å². The van der Waals surface area contributed by atoms with E-state index in [4.69, 9.17) is 10.5 Å². The molecule has 1 aromatic carbocycles. The highest BCUT2D eigenvalue weighted by Crippen LogP contribution is 2.39. The van der Waals surface area contributed by atoms with Crippen molar-refractivity contribution in [3.05, 3.63) is 29.8 Å². The standard InChI is InChI=1S/C14H20N2O2/c1-10-4-3-5-12(8-10)18-9-14(16-2,13(15)17)11-6-7-11/h3-5,8,11,16H,6-7,9H2,1-2H3,(H2,15,17). The van der Waals surface area contributed by atoms with Crippen LogP contribution in [0.3, 0.4) is 0 Å². The van der Waals surface area contributed by atoms with Crippen LogP contribution >= 0.6 is 0 Å². The summed E-state index contributed by atoms with van der Waals surface area (Å²) in [5.41, 5.74) is 5.94. The van der Waals surface area contributed by atoms with Gasteiger partial charge in [0.2, 0.25) is 5.91 Å². The lowest BCUT2D eigenvalue weighted by atomic mass is 9.93. The number of hydrogen-bond donors (Lipinski definition) is 2. The Kier molecular flexibility index (Phi) is 3.57. The topological polar surface area (TPSA) is 64.3 Å². The van der Waals surface area contributed by atoms with Crippen LogP contribution in [0.4, 0.5) is 0 Å². The Morgan fingerprint density at radius 3 is 2.78 bits per heavy atom. The van der Waals surface area contributed by atoms with E-state index in [0.29, 0.717) is 5.92 Å². The summed E-state index contributed by atoms with van der Waals surface area (Å²) in [5.74, 6) is 0.737. The molecule has 4 nitrogen and oxygen atoms in total. The number of benzene rings is 1. The molecule has 1 aliphatic rings. The summed E-state index contributed by atoms with van der Waals surface area (Å²) < 4.78 is 5.74. The Morgan fingerprint density at radius 1 is 1.56 bits per heavy atom. The monoisotopic (exact) mass is 248 g/mol. The summed E-state index contributed by atoms with van der Waals surface area (Å²) in [6.07, 6.45) is 2.06. The van der Waals surface area contributed by atoms with Crippen LogP contribution in [0.5, 0.6) is 5.75 Å². The normalized spacial score (nSPS) is 18.1. The van der Waals surface area contributed by atoms with Crippen molar-refractivity contribution in [2.24, 2.45) is 11.7 Å². The van der Waals surface area contributed by atoms with Crippen LogP contribution in [0.25, 0.3) is 0 Å². The molecule has 3 N–H and O–H groups in total. The van der Waals surface area contributed by atoms with Crippen molar-refractivity contribution >= 4 is 5.91 Å². The number of ether oxygens (including phenoxy) is 1. The molecule has 1 saturated carbocycles. The Bertz CT molecular complexity index is 443. The Balaban J connectivity index is 2.08. The van der Waals surface area contributed by atoms with Gasteiger partial charge in [0.15, 0.2) is 0 Å². The number of amides is 1. The molecule has 0 bridgehead atoms. The predicted molar refractivity (Wildman–Crippen MR) is 70.4 cm³/mol. The third kappa shape index (κ3) is 2.48. The molecule has 2 rings (SSSR count). The summed E-state index contributed by atoms with van der Waals surface area (Å²) in [6.45, 7) is 2.29. The van der Waals surface area contributed by atoms with E-state index < -0.39 is 5.54 Å². The van der Waals surface area contributed by atoms with Crippen molar-refractivity contribution in [2.45, 2.75) is 25.3 Å².